The Labute approximate surface area is 81.2 Å². The van der Waals surface area contributed by atoms with Gasteiger partial charge in [-0.2, -0.15) is 5.06 Å². The van der Waals surface area contributed by atoms with Crippen molar-refractivity contribution in [2.75, 3.05) is 0 Å². The zero-order valence-corrected chi connectivity index (χ0v) is 9.21. The SMILES string of the molecule is CC(C)C[C@@H]1C[C@H]2CC(C)(C)N1O2. The van der Waals surface area contributed by atoms with Crippen molar-refractivity contribution in [1.82, 2.24) is 5.06 Å². The molecule has 2 fully saturated rings. The van der Waals surface area contributed by atoms with Crippen LogP contribution in [0.15, 0.2) is 0 Å². The normalized spacial score (nSPS) is 41.8. The molecule has 0 radical (unpaired) electrons. The van der Waals surface area contributed by atoms with Crippen LogP contribution >= 0.6 is 0 Å². The minimum absolute atomic E-state index is 0.280. The van der Waals surface area contributed by atoms with Crippen LogP contribution in [0.2, 0.25) is 0 Å². The van der Waals surface area contributed by atoms with Crippen molar-refractivity contribution in [3.8, 4) is 0 Å². The molecule has 0 saturated carbocycles. The van der Waals surface area contributed by atoms with E-state index in [0.29, 0.717) is 12.1 Å². The smallest absolute Gasteiger partial charge is 0.0827 e. The number of piperidine rings is 1. The summed E-state index contributed by atoms with van der Waals surface area (Å²) in [6.07, 6.45) is 4.25. The molecule has 1 unspecified atom stereocenters. The molecule has 0 N–H and O–H groups in total. The van der Waals surface area contributed by atoms with Crippen molar-refractivity contribution >= 4 is 0 Å². The van der Waals surface area contributed by atoms with Gasteiger partial charge in [-0.25, -0.2) is 0 Å². The van der Waals surface area contributed by atoms with Crippen molar-refractivity contribution in [2.45, 2.75) is 64.6 Å². The first-order valence-corrected chi connectivity index (χ1v) is 5.45. The van der Waals surface area contributed by atoms with Crippen molar-refractivity contribution in [2.24, 2.45) is 5.92 Å². The van der Waals surface area contributed by atoms with Crippen LogP contribution in [0.4, 0.5) is 0 Å². The van der Waals surface area contributed by atoms with Crippen LogP contribution in [0.25, 0.3) is 0 Å². The highest BCUT2D eigenvalue weighted by atomic mass is 16.7. The average molecular weight is 183 g/mol. The summed E-state index contributed by atoms with van der Waals surface area (Å²) in [5.74, 6) is 0.781. The molecule has 2 rings (SSSR count). The summed E-state index contributed by atoms with van der Waals surface area (Å²) < 4.78 is 0. The fourth-order valence-electron chi connectivity index (χ4n) is 2.83. The molecule has 0 aliphatic carbocycles. The van der Waals surface area contributed by atoms with Crippen molar-refractivity contribution in [3.63, 3.8) is 0 Å². The molecule has 3 atom stereocenters. The van der Waals surface area contributed by atoms with E-state index in [2.05, 4.69) is 32.8 Å². The van der Waals surface area contributed by atoms with Crippen LogP contribution < -0.4 is 0 Å². The van der Waals surface area contributed by atoms with Gasteiger partial charge in [0.05, 0.1) is 6.10 Å². The standard InChI is InChI=1S/C11H21NO/c1-8(2)5-9-6-10-7-11(3,4)12(9)13-10/h8-10H,5-7H2,1-4H3/t9-,10+/m1/s1. The second kappa shape index (κ2) is 2.96. The zero-order chi connectivity index (χ0) is 9.64. The lowest BCUT2D eigenvalue weighted by Crippen LogP contribution is -2.45. The lowest BCUT2D eigenvalue weighted by atomic mass is 9.86. The average Bonchev–Trinajstić information content (AvgIpc) is 2.39. The Morgan fingerprint density at radius 2 is 2.15 bits per heavy atom. The lowest BCUT2D eigenvalue weighted by Gasteiger charge is -2.36. The Morgan fingerprint density at radius 3 is 2.62 bits per heavy atom. The summed E-state index contributed by atoms with van der Waals surface area (Å²) in [5, 5.41) is 2.26. The molecule has 2 aliphatic heterocycles. The van der Waals surface area contributed by atoms with Gasteiger partial charge in [0.25, 0.3) is 0 Å². The molecule has 2 nitrogen and oxygen atoms in total. The summed E-state index contributed by atoms with van der Waals surface area (Å²) in [4.78, 5) is 5.83. The van der Waals surface area contributed by atoms with Crippen LogP contribution in [0.1, 0.15) is 47.0 Å². The minimum atomic E-state index is 0.280. The third kappa shape index (κ3) is 1.62. The van der Waals surface area contributed by atoms with Gasteiger partial charge in [0, 0.05) is 11.6 Å². The van der Waals surface area contributed by atoms with Gasteiger partial charge in [0.2, 0.25) is 0 Å². The summed E-state index contributed by atoms with van der Waals surface area (Å²) >= 11 is 0. The molecule has 0 aromatic carbocycles. The zero-order valence-electron chi connectivity index (χ0n) is 9.21. The summed E-state index contributed by atoms with van der Waals surface area (Å²) in [6, 6.07) is 0.675. The number of nitrogens with zero attached hydrogens (tertiary/aromatic N) is 1. The van der Waals surface area contributed by atoms with Gasteiger partial charge < -0.3 is 0 Å². The van der Waals surface area contributed by atoms with Gasteiger partial charge in [0.15, 0.2) is 0 Å². The van der Waals surface area contributed by atoms with E-state index >= 15 is 0 Å². The van der Waals surface area contributed by atoms with E-state index < -0.39 is 0 Å². The Hall–Kier alpha value is -0.0800. The highest BCUT2D eigenvalue weighted by Gasteiger charge is 2.50. The molecular formula is C11H21NO. The molecule has 13 heavy (non-hydrogen) atoms. The van der Waals surface area contributed by atoms with Gasteiger partial charge in [-0.1, -0.05) is 13.8 Å². The Bertz CT molecular complexity index is 200. The van der Waals surface area contributed by atoms with Gasteiger partial charge >= 0.3 is 0 Å². The predicted octanol–water partition coefficient (Wildman–Crippen LogP) is 2.59. The van der Waals surface area contributed by atoms with Crippen LogP contribution in [-0.2, 0) is 4.84 Å². The van der Waals surface area contributed by atoms with E-state index in [1.54, 1.807) is 0 Å². The molecule has 2 heteroatoms. The predicted molar refractivity (Wildman–Crippen MR) is 53.3 cm³/mol. The van der Waals surface area contributed by atoms with E-state index in [4.69, 9.17) is 4.84 Å². The van der Waals surface area contributed by atoms with Crippen molar-refractivity contribution in [1.29, 1.82) is 0 Å². The van der Waals surface area contributed by atoms with Crippen LogP contribution in [0.5, 0.6) is 0 Å². The monoisotopic (exact) mass is 183 g/mol. The van der Waals surface area contributed by atoms with Crippen LogP contribution in [0, 0.1) is 5.92 Å². The van der Waals surface area contributed by atoms with Gasteiger partial charge in [-0.3, -0.25) is 4.84 Å². The molecule has 0 spiro atoms. The Kier molecular flexibility index (Phi) is 2.16. The topological polar surface area (TPSA) is 12.5 Å². The summed E-state index contributed by atoms with van der Waals surface area (Å²) in [7, 11) is 0. The van der Waals surface area contributed by atoms with Crippen LogP contribution in [-0.4, -0.2) is 22.7 Å². The van der Waals surface area contributed by atoms with E-state index in [0.717, 1.165) is 5.92 Å². The van der Waals surface area contributed by atoms with Crippen molar-refractivity contribution in [3.05, 3.63) is 0 Å². The quantitative estimate of drug-likeness (QED) is 0.652. The van der Waals surface area contributed by atoms with Crippen LogP contribution in [0.3, 0.4) is 0 Å². The second-order valence-corrected chi connectivity index (χ2v) is 5.59. The number of fused-ring (bicyclic) bond motifs is 2. The van der Waals surface area contributed by atoms with E-state index in [1.165, 1.54) is 19.3 Å². The highest BCUT2D eigenvalue weighted by molar-refractivity contribution is 4.97. The minimum Gasteiger partial charge on any atom is -0.295 e. The van der Waals surface area contributed by atoms with E-state index in [9.17, 15) is 0 Å². The van der Waals surface area contributed by atoms with E-state index in [1.807, 2.05) is 0 Å². The first-order valence-electron chi connectivity index (χ1n) is 5.45. The molecule has 2 aliphatic rings. The van der Waals surface area contributed by atoms with Gasteiger partial charge in [-0.05, 0) is 39.0 Å². The summed E-state index contributed by atoms with van der Waals surface area (Å²) in [6.45, 7) is 9.17. The maximum Gasteiger partial charge on any atom is 0.0827 e. The molecule has 0 aromatic rings. The van der Waals surface area contributed by atoms with Gasteiger partial charge in [-0.15, -0.1) is 0 Å². The molecule has 0 aromatic heterocycles. The van der Waals surface area contributed by atoms with E-state index in [-0.39, 0.29) is 5.54 Å². The third-order valence-electron chi connectivity index (χ3n) is 3.20. The second-order valence-electron chi connectivity index (χ2n) is 5.59. The maximum absolute atomic E-state index is 5.83. The Morgan fingerprint density at radius 1 is 1.46 bits per heavy atom. The molecule has 2 heterocycles. The molecule has 2 bridgehead atoms. The Balaban J connectivity index is 2.02. The number of hydroxylamine groups is 2. The van der Waals surface area contributed by atoms with Crippen molar-refractivity contribution < 1.29 is 4.84 Å². The first kappa shape index (κ1) is 9.47. The fraction of sp³-hybridized carbons (Fsp3) is 1.00. The third-order valence-corrected chi connectivity index (χ3v) is 3.20. The number of hydrogen-bond donors (Lipinski definition) is 0. The lowest BCUT2D eigenvalue weighted by molar-refractivity contribution is -0.159. The molecule has 0 amide bonds. The summed E-state index contributed by atoms with van der Waals surface area (Å²) in [5.41, 5.74) is 0.280. The number of rotatable bonds is 2. The number of hydrogen-bond acceptors (Lipinski definition) is 2. The maximum atomic E-state index is 5.83. The molecule has 76 valence electrons. The first-order chi connectivity index (χ1) is 5.99. The highest BCUT2D eigenvalue weighted by Crippen LogP contribution is 2.43. The largest absolute Gasteiger partial charge is 0.295 e. The molecule has 2 saturated heterocycles. The molecular weight excluding hydrogens is 162 g/mol. The fourth-order valence-corrected chi connectivity index (χ4v) is 2.83. The van der Waals surface area contributed by atoms with Gasteiger partial charge in [0.1, 0.15) is 0 Å².